The van der Waals surface area contributed by atoms with Crippen LogP contribution in [-0.4, -0.2) is 43.5 Å². The fourth-order valence-corrected chi connectivity index (χ4v) is 5.26. The van der Waals surface area contributed by atoms with E-state index < -0.39 is 10.0 Å². The number of rotatable bonds is 4. The summed E-state index contributed by atoms with van der Waals surface area (Å²) in [5.74, 6) is 0. The number of nitrogens with zero attached hydrogens (tertiary/aromatic N) is 2. The molecule has 1 saturated heterocycles. The molecule has 0 radical (unpaired) electrons. The maximum Gasteiger partial charge on any atom is 0.268 e. The lowest BCUT2D eigenvalue weighted by Crippen LogP contribution is -2.36. The predicted molar refractivity (Wildman–Crippen MR) is 115 cm³/mol. The van der Waals surface area contributed by atoms with E-state index in [0.29, 0.717) is 16.6 Å². The van der Waals surface area contributed by atoms with E-state index in [-0.39, 0.29) is 4.90 Å². The van der Waals surface area contributed by atoms with Crippen molar-refractivity contribution in [2.75, 3.05) is 25.5 Å². The number of fused-ring (bicyclic) bond motifs is 1. The van der Waals surface area contributed by atoms with Gasteiger partial charge in [-0.3, -0.25) is 0 Å². The SMILES string of the molecule is Cc1ccc(S(=O)(=O)n2ccc3cc(Cl)ccc32)cc1NC1CCN(C)CC1. The Balaban J connectivity index is 1.68. The fourth-order valence-electron chi connectivity index (χ4n) is 3.70. The van der Waals surface area contributed by atoms with Crippen LogP contribution in [-0.2, 0) is 10.0 Å². The van der Waals surface area contributed by atoms with Gasteiger partial charge in [0, 0.05) is 28.3 Å². The molecule has 5 nitrogen and oxygen atoms in total. The van der Waals surface area contributed by atoms with Gasteiger partial charge in [-0.05, 0) is 81.9 Å². The van der Waals surface area contributed by atoms with Crippen molar-refractivity contribution in [2.45, 2.75) is 30.7 Å². The molecule has 0 bridgehead atoms. The largest absolute Gasteiger partial charge is 0.382 e. The standard InChI is InChI=1S/C21H24ClN3O2S/c1-15-3-5-19(14-20(15)23-18-8-10-24(2)11-9-18)28(26,27)25-12-7-16-13-17(22)4-6-21(16)25/h3-7,12-14,18,23H,8-11H2,1-2H3. The number of hydrogen-bond acceptors (Lipinski definition) is 4. The summed E-state index contributed by atoms with van der Waals surface area (Å²) in [7, 11) is -1.57. The van der Waals surface area contributed by atoms with E-state index in [1.807, 2.05) is 13.0 Å². The lowest BCUT2D eigenvalue weighted by molar-refractivity contribution is 0.264. The lowest BCUT2D eigenvalue weighted by Gasteiger charge is -2.30. The monoisotopic (exact) mass is 417 g/mol. The summed E-state index contributed by atoms with van der Waals surface area (Å²) in [5.41, 5.74) is 2.55. The van der Waals surface area contributed by atoms with Crippen LogP contribution in [0.3, 0.4) is 0 Å². The molecule has 148 valence electrons. The highest BCUT2D eigenvalue weighted by Crippen LogP contribution is 2.28. The molecule has 3 aromatic rings. The molecule has 1 aromatic heterocycles. The molecule has 1 fully saturated rings. The number of piperidine rings is 1. The number of aryl methyl sites for hydroxylation is 1. The van der Waals surface area contributed by atoms with E-state index in [1.54, 1.807) is 42.6 Å². The van der Waals surface area contributed by atoms with Crippen LogP contribution in [0.2, 0.25) is 5.02 Å². The molecule has 7 heteroatoms. The molecule has 0 amide bonds. The number of aromatic nitrogens is 1. The summed E-state index contributed by atoms with van der Waals surface area (Å²) in [6.07, 6.45) is 3.69. The van der Waals surface area contributed by atoms with Crippen LogP contribution in [0.1, 0.15) is 18.4 Å². The second-order valence-corrected chi connectivity index (χ2v) is 9.77. The Hall–Kier alpha value is -2.02. The second kappa shape index (κ2) is 7.43. The van der Waals surface area contributed by atoms with Gasteiger partial charge in [0.1, 0.15) is 0 Å². The van der Waals surface area contributed by atoms with Gasteiger partial charge >= 0.3 is 0 Å². The molecular weight excluding hydrogens is 394 g/mol. The van der Waals surface area contributed by atoms with Crippen molar-refractivity contribution in [1.82, 2.24) is 8.87 Å². The Morgan fingerprint density at radius 1 is 1.07 bits per heavy atom. The molecule has 4 rings (SSSR count). The first-order valence-corrected chi connectivity index (χ1v) is 11.2. The highest BCUT2D eigenvalue weighted by atomic mass is 35.5. The van der Waals surface area contributed by atoms with Gasteiger partial charge in [-0.25, -0.2) is 12.4 Å². The van der Waals surface area contributed by atoms with Gasteiger partial charge in [-0.1, -0.05) is 17.7 Å². The maximum absolute atomic E-state index is 13.3. The Kier molecular flexibility index (Phi) is 5.12. The number of halogens is 1. The lowest BCUT2D eigenvalue weighted by atomic mass is 10.0. The fraction of sp³-hybridized carbons (Fsp3) is 0.333. The minimum absolute atomic E-state index is 0.279. The van der Waals surface area contributed by atoms with E-state index in [4.69, 9.17) is 11.6 Å². The molecule has 0 atom stereocenters. The molecule has 1 aliphatic heterocycles. The minimum atomic E-state index is -3.70. The minimum Gasteiger partial charge on any atom is -0.382 e. The summed E-state index contributed by atoms with van der Waals surface area (Å²) in [6.45, 7) is 4.10. The smallest absolute Gasteiger partial charge is 0.268 e. The average Bonchev–Trinajstić information content (AvgIpc) is 3.09. The van der Waals surface area contributed by atoms with Crippen LogP contribution in [0.25, 0.3) is 10.9 Å². The van der Waals surface area contributed by atoms with Crippen molar-refractivity contribution < 1.29 is 8.42 Å². The van der Waals surface area contributed by atoms with Crippen molar-refractivity contribution in [3.63, 3.8) is 0 Å². The maximum atomic E-state index is 13.3. The van der Waals surface area contributed by atoms with E-state index in [0.717, 1.165) is 42.6 Å². The van der Waals surface area contributed by atoms with Crippen LogP contribution in [0.4, 0.5) is 5.69 Å². The van der Waals surface area contributed by atoms with Crippen LogP contribution in [0, 0.1) is 6.92 Å². The highest BCUT2D eigenvalue weighted by molar-refractivity contribution is 7.90. The van der Waals surface area contributed by atoms with Crippen molar-refractivity contribution in [3.05, 3.63) is 59.2 Å². The number of benzene rings is 2. The summed E-state index contributed by atoms with van der Waals surface area (Å²) >= 11 is 6.03. The zero-order chi connectivity index (χ0) is 19.9. The zero-order valence-electron chi connectivity index (χ0n) is 16.0. The third-order valence-corrected chi connectivity index (χ3v) is 7.38. The van der Waals surface area contributed by atoms with Gasteiger partial charge < -0.3 is 10.2 Å². The molecule has 0 spiro atoms. The molecule has 2 aromatic carbocycles. The molecule has 0 saturated carbocycles. The average molecular weight is 418 g/mol. The Morgan fingerprint density at radius 2 is 1.82 bits per heavy atom. The van der Waals surface area contributed by atoms with E-state index >= 15 is 0 Å². The molecule has 28 heavy (non-hydrogen) atoms. The zero-order valence-corrected chi connectivity index (χ0v) is 17.6. The highest BCUT2D eigenvalue weighted by Gasteiger charge is 2.22. The van der Waals surface area contributed by atoms with Crippen molar-refractivity contribution in [1.29, 1.82) is 0 Å². The normalized spacial score (nSPS) is 16.5. The van der Waals surface area contributed by atoms with Crippen molar-refractivity contribution in [2.24, 2.45) is 0 Å². The molecular formula is C21H24ClN3O2S. The third kappa shape index (κ3) is 3.64. The van der Waals surface area contributed by atoms with Crippen molar-refractivity contribution in [3.8, 4) is 0 Å². The van der Waals surface area contributed by atoms with Gasteiger partial charge in [-0.2, -0.15) is 0 Å². The molecule has 1 N–H and O–H groups in total. The van der Waals surface area contributed by atoms with Crippen LogP contribution >= 0.6 is 11.6 Å². The first kappa shape index (κ1) is 19.3. The quantitative estimate of drug-likeness (QED) is 0.685. The van der Waals surface area contributed by atoms with Gasteiger partial charge in [0.2, 0.25) is 0 Å². The Labute approximate surface area is 171 Å². The van der Waals surface area contributed by atoms with Gasteiger partial charge in [0.05, 0.1) is 10.4 Å². The van der Waals surface area contributed by atoms with Gasteiger partial charge in [0.15, 0.2) is 0 Å². The molecule has 2 heterocycles. The Bertz CT molecular complexity index is 1120. The van der Waals surface area contributed by atoms with Gasteiger partial charge in [0.25, 0.3) is 10.0 Å². The van der Waals surface area contributed by atoms with E-state index in [2.05, 4.69) is 17.3 Å². The number of hydrogen-bond donors (Lipinski definition) is 1. The van der Waals surface area contributed by atoms with Crippen LogP contribution in [0.5, 0.6) is 0 Å². The summed E-state index contributed by atoms with van der Waals surface area (Å²) in [4.78, 5) is 2.59. The van der Waals surface area contributed by atoms with E-state index in [1.165, 1.54) is 3.97 Å². The van der Waals surface area contributed by atoms with Crippen LogP contribution in [0.15, 0.2) is 53.6 Å². The molecule has 1 aliphatic rings. The number of likely N-dealkylation sites (tertiary alicyclic amines) is 1. The molecule has 0 unspecified atom stereocenters. The van der Waals surface area contributed by atoms with Crippen LogP contribution < -0.4 is 5.32 Å². The summed E-state index contributed by atoms with van der Waals surface area (Å²) in [5, 5.41) is 4.94. The Morgan fingerprint density at radius 3 is 2.57 bits per heavy atom. The topological polar surface area (TPSA) is 54.3 Å². The first-order chi connectivity index (χ1) is 13.3. The first-order valence-electron chi connectivity index (χ1n) is 9.42. The number of nitrogens with one attached hydrogen (secondary N) is 1. The van der Waals surface area contributed by atoms with Gasteiger partial charge in [-0.15, -0.1) is 0 Å². The summed E-state index contributed by atoms with van der Waals surface area (Å²) < 4.78 is 27.9. The second-order valence-electron chi connectivity index (χ2n) is 7.52. The van der Waals surface area contributed by atoms with E-state index in [9.17, 15) is 8.42 Å². The molecule has 0 aliphatic carbocycles. The predicted octanol–water partition coefficient (Wildman–Crippen LogP) is 4.35. The van der Waals surface area contributed by atoms with Crippen molar-refractivity contribution >= 4 is 38.2 Å². The third-order valence-electron chi connectivity index (χ3n) is 5.46. The number of anilines is 1. The summed E-state index contributed by atoms with van der Waals surface area (Å²) in [6, 6.07) is 12.6.